The topological polar surface area (TPSA) is 64.6 Å². The Morgan fingerprint density at radius 3 is 2.68 bits per heavy atom. The molecule has 0 radical (unpaired) electrons. The fraction of sp³-hybridized carbons (Fsp3) is 0.391. The van der Waals surface area contributed by atoms with Gasteiger partial charge in [-0.2, -0.15) is 0 Å². The molecule has 2 aromatic carbocycles. The summed E-state index contributed by atoms with van der Waals surface area (Å²) in [7, 11) is 0. The number of anilines is 1. The summed E-state index contributed by atoms with van der Waals surface area (Å²) >= 11 is 0. The summed E-state index contributed by atoms with van der Waals surface area (Å²) < 4.78 is 11.6. The molecule has 1 aliphatic heterocycles. The summed E-state index contributed by atoms with van der Waals surface area (Å²) in [6.07, 6.45) is 0.311. The Bertz CT molecular complexity index is 915. The van der Waals surface area contributed by atoms with Gasteiger partial charge in [-0.3, -0.25) is 9.59 Å². The van der Waals surface area contributed by atoms with Crippen LogP contribution in [0.1, 0.15) is 61.5 Å². The first kappa shape index (κ1) is 19.9. The molecule has 0 spiro atoms. The number of ketones is 1. The van der Waals surface area contributed by atoms with Crippen molar-refractivity contribution < 1.29 is 19.1 Å². The van der Waals surface area contributed by atoms with E-state index in [1.807, 2.05) is 39.0 Å². The Morgan fingerprint density at radius 1 is 1.21 bits per heavy atom. The van der Waals surface area contributed by atoms with Crippen molar-refractivity contribution >= 4 is 17.4 Å². The Balaban J connectivity index is 1.67. The molecule has 3 rings (SSSR count). The van der Waals surface area contributed by atoms with Crippen LogP contribution in [-0.4, -0.2) is 23.9 Å². The van der Waals surface area contributed by atoms with Crippen molar-refractivity contribution in [2.24, 2.45) is 0 Å². The zero-order valence-electron chi connectivity index (χ0n) is 17.1. The predicted octanol–water partition coefficient (Wildman–Crippen LogP) is 4.88. The Labute approximate surface area is 166 Å². The number of fused-ring (bicyclic) bond motifs is 1. The number of benzene rings is 2. The van der Waals surface area contributed by atoms with Gasteiger partial charge in [-0.15, -0.1) is 0 Å². The molecule has 2 aromatic rings. The average molecular weight is 381 g/mol. The van der Waals surface area contributed by atoms with Gasteiger partial charge in [0, 0.05) is 5.69 Å². The molecule has 0 saturated carbocycles. The molecule has 5 heteroatoms. The van der Waals surface area contributed by atoms with Gasteiger partial charge >= 0.3 is 0 Å². The maximum Gasteiger partial charge on any atom is 0.262 e. The van der Waals surface area contributed by atoms with Crippen LogP contribution in [0.25, 0.3) is 0 Å². The third-order valence-corrected chi connectivity index (χ3v) is 4.69. The molecule has 1 aliphatic rings. The number of Topliss-reactive ketones (excluding diaryl/α,β-unsaturated/α-hetero) is 1. The van der Waals surface area contributed by atoms with Crippen LogP contribution in [0.15, 0.2) is 36.4 Å². The molecule has 5 nitrogen and oxygen atoms in total. The van der Waals surface area contributed by atoms with Gasteiger partial charge < -0.3 is 14.8 Å². The van der Waals surface area contributed by atoms with Crippen molar-refractivity contribution in [3.63, 3.8) is 0 Å². The van der Waals surface area contributed by atoms with Crippen LogP contribution < -0.4 is 14.8 Å². The average Bonchev–Trinajstić information content (AvgIpc) is 2.59. The lowest BCUT2D eigenvalue weighted by molar-refractivity contribution is -0.118. The van der Waals surface area contributed by atoms with Gasteiger partial charge in [-0.25, -0.2) is 0 Å². The van der Waals surface area contributed by atoms with Gasteiger partial charge in [0.15, 0.2) is 12.4 Å². The summed E-state index contributed by atoms with van der Waals surface area (Å²) in [6, 6.07) is 11.1. The lowest BCUT2D eigenvalue weighted by Gasteiger charge is -2.31. The number of aryl methyl sites for hydroxylation is 1. The largest absolute Gasteiger partial charge is 0.487 e. The fourth-order valence-corrected chi connectivity index (χ4v) is 3.31. The van der Waals surface area contributed by atoms with Crippen LogP contribution >= 0.6 is 0 Å². The number of hydrogen-bond acceptors (Lipinski definition) is 4. The molecule has 148 valence electrons. The minimum absolute atomic E-state index is 0.0138. The first-order valence-corrected chi connectivity index (χ1v) is 9.54. The molecule has 0 bridgehead atoms. The minimum Gasteiger partial charge on any atom is -0.487 e. The molecule has 1 N–H and O–H groups in total. The van der Waals surface area contributed by atoms with Gasteiger partial charge in [0.2, 0.25) is 0 Å². The molecule has 28 heavy (non-hydrogen) atoms. The Hall–Kier alpha value is -2.82. The van der Waals surface area contributed by atoms with E-state index < -0.39 is 5.60 Å². The van der Waals surface area contributed by atoms with Crippen LogP contribution in [0.4, 0.5) is 5.69 Å². The number of ether oxygens (including phenoxy) is 2. The van der Waals surface area contributed by atoms with Crippen molar-refractivity contribution in [2.45, 2.75) is 52.6 Å². The zero-order chi connectivity index (χ0) is 20.5. The van der Waals surface area contributed by atoms with Crippen molar-refractivity contribution in [2.75, 3.05) is 11.9 Å². The van der Waals surface area contributed by atoms with Crippen molar-refractivity contribution in [1.82, 2.24) is 0 Å². The van der Waals surface area contributed by atoms with Gasteiger partial charge in [0.05, 0.1) is 12.0 Å². The second-order valence-corrected chi connectivity index (χ2v) is 8.21. The van der Waals surface area contributed by atoms with Crippen LogP contribution in [0, 0.1) is 6.92 Å². The monoisotopic (exact) mass is 381 g/mol. The number of rotatable bonds is 5. The number of amides is 1. The second kappa shape index (κ2) is 7.66. The van der Waals surface area contributed by atoms with Crippen LogP contribution in [0.2, 0.25) is 0 Å². The first-order valence-electron chi connectivity index (χ1n) is 9.54. The molecule has 0 aliphatic carbocycles. The molecule has 0 aromatic heterocycles. The molecular formula is C23H27NO4. The van der Waals surface area contributed by atoms with E-state index in [1.165, 1.54) is 0 Å². The van der Waals surface area contributed by atoms with Gasteiger partial charge in [-0.05, 0) is 62.1 Å². The van der Waals surface area contributed by atoms with E-state index >= 15 is 0 Å². The highest BCUT2D eigenvalue weighted by Gasteiger charge is 2.32. The van der Waals surface area contributed by atoms with Crippen molar-refractivity contribution in [3.05, 3.63) is 53.1 Å². The summed E-state index contributed by atoms with van der Waals surface area (Å²) in [5, 5.41) is 2.80. The van der Waals surface area contributed by atoms with E-state index in [4.69, 9.17) is 9.47 Å². The highest BCUT2D eigenvalue weighted by molar-refractivity contribution is 6.02. The number of carbonyl (C=O) groups excluding carboxylic acids is 2. The number of nitrogens with one attached hydrogen (secondary N) is 1. The molecule has 1 heterocycles. The quantitative estimate of drug-likeness (QED) is 0.802. The second-order valence-electron chi connectivity index (χ2n) is 8.21. The Morgan fingerprint density at radius 2 is 1.96 bits per heavy atom. The summed E-state index contributed by atoms with van der Waals surface area (Å²) in [5.74, 6) is 1.31. The van der Waals surface area contributed by atoms with E-state index in [-0.39, 0.29) is 18.3 Å². The lowest BCUT2D eigenvalue weighted by atomic mass is 9.93. The smallest absolute Gasteiger partial charge is 0.262 e. The number of carbonyl (C=O) groups is 2. The van der Waals surface area contributed by atoms with E-state index in [2.05, 4.69) is 19.2 Å². The molecule has 0 saturated heterocycles. The van der Waals surface area contributed by atoms with Gasteiger partial charge in [0.1, 0.15) is 17.1 Å². The Kier molecular flexibility index (Phi) is 5.45. The van der Waals surface area contributed by atoms with Gasteiger partial charge in [-0.1, -0.05) is 26.0 Å². The minimum atomic E-state index is -0.509. The van der Waals surface area contributed by atoms with Crippen molar-refractivity contribution in [3.8, 4) is 11.5 Å². The normalized spacial score (nSPS) is 15.0. The molecule has 0 unspecified atom stereocenters. The molecule has 0 atom stereocenters. The van der Waals surface area contributed by atoms with Gasteiger partial charge in [0.25, 0.3) is 5.91 Å². The van der Waals surface area contributed by atoms with E-state index in [1.54, 1.807) is 18.2 Å². The van der Waals surface area contributed by atoms with E-state index in [0.29, 0.717) is 29.3 Å². The lowest BCUT2D eigenvalue weighted by Crippen LogP contribution is -2.35. The van der Waals surface area contributed by atoms with E-state index in [0.717, 1.165) is 16.9 Å². The van der Waals surface area contributed by atoms with Crippen LogP contribution in [0.5, 0.6) is 11.5 Å². The fourth-order valence-electron chi connectivity index (χ4n) is 3.31. The summed E-state index contributed by atoms with van der Waals surface area (Å²) in [5.41, 5.74) is 2.69. The standard InChI is InChI=1S/C23H27NO4/c1-14(2)17-8-6-15(3)10-21(17)27-13-22(26)24-16-7-9-20-18(11-16)19(25)12-23(4,5)28-20/h6-11,14H,12-13H2,1-5H3,(H,24,26). The predicted molar refractivity (Wildman–Crippen MR) is 109 cm³/mol. The van der Waals surface area contributed by atoms with Crippen LogP contribution in [0.3, 0.4) is 0 Å². The number of hydrogen-bond donors (Lipinski definition) is 1. The third-order valence-electron chi connectivity index (χ3n) is 4.69. The van der Waals surface area contributed by atoms with Crippen molar-refractivity contribution in [1.29, 1.82) is 0 Å². The molecule has 1 amide bonds. The van der Waals surface area contributed by atoms with Crippen LogP contribution in [-0.2, 0) is 4.79 Å². The molecule has 0 fully saturated rings. The maximum atomic E-state index is 12.4. The summed E-state index contributed by atoms with van der Waals surface area (Å²) in [6.45, 7) is 9.84. The summed E-state index contributed by atoms with van der Waals surface area (Å²) in [4.78, 5) is 24.7. The zero-order valence-corrected chi connectivity index (χ0v) is 17.1. The molecular weight excluding hydrogens is 354 g/mol. The maximum absolute atomic E-state index is 12.4. The SMILES string of the molecule is Cc1ccc(C(C)C)c(OCC(=O)Nc2ccc3c(c2)C(=O)CC(C)(C)O3)c1. The highest BCUT2D eigenvalue weighted by Crippen LogP contribution is 2.34. The first-order chi connectivity index (χ1) is 13.1. The van der Waals surface area contributed by atoms with E-state index in [9.17, 15) is 9.59 Å². The highest BCUT2D eigenvalue weighted by atomic mass is 16.5. The third kappa shape index (κ3) is 4.53.